The van der Waals surface area contributed by atoms with Gasteiger partial charge >= 0.3 is 5.97 Å². The molecule has 2 atom stereocenters. The first kappa shape index (κ1) is 18.6. The predicted octanol–water partition coefficient (Wildman–Crippen LogP) is 1.56. The molecule has 1 aromatic heterocycles. The van der Waals surface area contributed by atoms with Crippen LogP contribution in [0.25, 0.3) is 5.69 Å². The number of ether oxygens (including phenoxy) is 1. The van der Waals surface area contributed by atoms with E-state index in [2.05, 4.69) is 29.4 Å². The molecule has 2 fully saturated rings. The molecule has 148 valence electrons. The average Bonchev–Trinajstić information content (AvgIpc) is 3.24. The second kappa shape index (κ2) is 6.39. The zero-order valence-corrected chi connectivity index (χ0v) is 16.7. The lowest BCUT2D eigenvalue weighted by Crippen LogP contribution is -2.57. The van der Waals surface area contributed by atoms with Crippen LogP contribution in [0.15, 0.2) is 24.3 Å². The zero-order valence-electron chi connectivity index (χ0n) is 16.7. The zero-order chi connectivity index (χ0) is 20.1. The minimum Gasteiger partial charge on any atom is -0.469 e. The molecule has 2 aromatic rings. The summed E-state index contributed by atoms with van der Waals surface area (Å²) in [6.45, 7) is 7.22. The highest BCUT2D eigenvalue weighted by Crippen LogP contribution is 2.63. The van der Waals surface area contributed by atoms with E-state index in [1.165, 1.54) is 7.11 Å². The van der Waals surface area contributed by atoms with Gasteiger partial charge in [0.25, 0.3) is 0 Å². The fourth-order valence-electron chi connectivity index (χ4n) is 5.07. The van der Waals surface area contributed by atoms with Crippen molar-refractivity contribution in [1.29, 1.82) is 0 Å². The first-order valence-corrected chi connectivity index (χ1v) is 9.47. The molecule has 8 heteroatoms. The fraction of sp³-hybridized carbons (Fsp3) is 0.550. The minimum absolute atomic E-state index is 0.0415. The summed E-state index contributed by atoms with van der Waals surface area (Å²) in [6, 6.07) is 7.63. The topological polar surface area (TPSA) is 90.2 Å². The Hall–Kier alpha value is -2.77. The number of aromatic nitrogens is 4. The molecule has 1 aliphatic carbocycles. The van der Waals surface area contributed by atoms with Crippen molar-refractivity contribution in [2.24, 2.45) is 16.7 Å². The number of aryl methyl sites for hydroxylation is 1. The average molecular weight is 383 g/mol. The van der Waals surface area contributed by atoms with Crippen molar-refractivity contribution in [3.63, 3.8) is 0 Å². The summed E-state index contributed by atoms with van der Waals surface area (Å²) in [5, 5.41) is 11.5. The van der Waals surface area contributed by atoms with Gasteiger partial charge in [0.1, 0.15) is 0 Å². The van der Waals surface area contributed by atoms with Crippen LogP contribution in [0.4, 0.5) is 0 Å². The van der Waals surface area contributed by atoms with Crippen LogP contribution < -0.4 is 0 Å². The van der Waals surface area contributed by atoms with Crippen molar-refractivity contribution in [2.75, 3.05) is 20.2 Å². The fourth-order valence-corrected chi connectivity index (χ4v) is 5.07. The van der Waals surface area contributed by atoms with Crippen LogP contribution in [0.2, 0.25) is 0 Å². The van der Waals surface area contributed by atoms with Gasteiger partial charge < -0.3 is 9.64 Å². The van der Waals surface area contributed by atoms with E-state index >= 15 is 0 Å². The van der Waals surface area contributed by atoms with E-state index in [4.69, 9.17) is 4.74 Å². The smallest absolute Gasteiger partial charge is 0.314 e. The molecular formula is C20H25N5O3. The summed E-state index contributed by atoms with van der Waals surface area (Å²) in [4.78, 5) is 27.1. The molecule has 28 heavy (non-hydrogen) atoms. The van der Waals surface area contributed by atoms with Gasteiger partial charge in [0.2, 0.25) is 5.91 Å². The molecule has 0 bridgehead atoms. The third-order valence-corrected chi connectivity index (χ3v) is 6.36. The van der Waals surface area contributed by atoms with Crippen LogP contribution in [0.3, 0.4) is 0 Å². The van der Waals surface area contributed by atoms with Gasteiger partial charge in [-0.1, -0.05) is 26.0 Å². The Labute approximate surface area is 163 Å². The highest BCUT2D eigenvalue weighted by atomic mass is 16.5. The molecule has 0 N–H and O–H groups in total. The first-order valence-electron chi connectivity index (χ1n) is 9.47. The lowest BCUT2D eigenvalue weighted by molar-refractivity contribution is -0.174. The van der Waals surface area contributed by atoms with Crippen LogP contribution in [0.5, 0.6) is 0 Å². The van der Waals surface area contributed by atoms with Crippen LogP contribution in [-0.4, -0.2) is 57.2 Å². The Morgan fingerprint density at radius 1 is 1.25 bits per heavy atom. The normalized spacial score (nSPS) is 25.1. The van der Waals surface area contributed by atoms with Crippen LogP contribution in [0.1, 0.15) is 31.7 Å². The van der Waals surface area contributed by atoms with Crippen LogP contribution in [-0.2, 0) is 20.7 Å². The van der Waals surface area contributed by atoms with Crippen molar-refractivity contribution in [2.45, 2.75) is 33.6 Å². The Kier molecular flexibility index (Phi) is 4.24. The molecule has 0 radical (unpaired) electrons. The number of nitrogens with zero attached hydrogens (tertiary/aromatic N) is 5. The summed E-state index contributed by atoms with van der Waals surface area (Å²) < 4.78 is 6.71. The van der Waals surface area contributed by atoms with Gasteiger partial charge in [-0.15, -0.1) is 5.10 Å². The highest BCUT2D eigenvalue weighted by Gasteiger charge is 2.67. The second-order valence-electron chi connectivity index (χ2n) is 8.62. The number of hydrogen-bond acceptors (Lipinski definition) is 6. The number of rotatable bonds is 4. The number of fused-ring (bicyclic) bond motifs is 1. The van der Waals surface area contributed by atoms with Gasteiger partial charge in [0.15, 0.2) is 5.82 Å². The van der Waals surface area contributed by atoms with E-state index in [1.54, 1.807) is 4.68 Å². The number of hydrogen-bond donors (Lipinski definition) is 0. The Balaban J connectivity index is 1.46. The van der Waals surface area contributed by atoms with Gasteiger partial charge in [-0.25, -0.2) is 0 Å². The maximum Gasteiger partial charge on any atom is 0.314 e. The Morgan fingerprint density at radius 2 is 1.96 bits per heavy atom. The number of likely N-dealkylation sites (tertiary alicyclic amines) is 1. The summed E-state index contributed by atoms with van der Waals surface area (Å²) in [5.74, 6) is 0.710. The van der Waals surface area contributed by atoms with E-state index in [-0.39, 0.29) is 23.2 Å². The van der Waals surface area contributed by atoms with Crippen molar-refractivity contribution in [3.05, 3.63) is 35.7 Å². The van der Waals surface area contributed by atoms with E-state index in [1.807, 2.05) is 36.1 Å². The summed E-state index contributed by atoms with van der Waals surface area (Å²) in [7, 11) is 1.43. The molecule has 4 rings (SSSR count). The number of carbonyl (C=O) groups excluding carboxylic acids is 2. The maximum absolute atomic E-state index is 12.9. The molecule has 8 nitrogen and oxygen atoms in total. The number of esters is 1. The van der Waals surface area contributed by atoms with Gasteiger partial charge in [-0.05, 0) is 52.8 Å². The largest absolute Gasteiger partial charge is 0.469 e. The molecule has 1 saturated carbocycles. The van der Waals surface area contributed by atoms with E-state index in [0.717, 1.165) is 17.7 Å². The molecular weight excluding hydrogens is 358 g/mol. The predicted molar refractivity (Wildman–Crippen MR) is 101 cm³/mol. The van der Waals surface area contributed by atoms with Crippen molar-refractivity contribution >= 4 is 11.9 Å². The minimum atomic E-state index is -0.532. The summed E-state index contributed by atoms with van der Waals surface area (Å²) >= 11 is 0. The van der Waals surface area contributed by atoms with E-state index in [9.17, 15) is 9.59 Å². The summed E-state index contributed by atoms with van der Waals surface area (Å²) in [6.07, 6.45) is 1.07. The van der Waals surface area contributed by atoms with Gasteiger partial charge in [-0.2, -0.15) is 4.68 Å². The molecule has 1 aliphatic heterocycles. The van der Waals surface area contributed by atoms with E-state index < -0.39 is 5.41 Å². The standard InChI is InChI=1S/C20H25N5O3/c1-13-21-22-23-25(13)15-7-5-14(6-8-15)9-17(26)24-10-16-19(2,3)11-20(16,12-24)18(27)28-4/h5-8,16H,9-12H2,1-4H3/t16-,20+/m1/s1. The molecule has 0 spiro atoms. The maximum atomic E-state index is 12.9. The van der Waals surface area contributed by atoms with Crippen molar-refractivity contribution in [1.82, 2.24) is 25.1 Å². The number of carbonyl (C=O) groups is 2. The number of tetrazole rings is 1. The lowest BCUT2D eigenvalue weighted by atomic mass is 9.48. The van der Waals surface area contributed by atoms with Crippen LogP contribution >= 0.6 is 0 Å². The quantitative estimate of drug-likeness (QED) is 0.745. The second-order valence-corrected chi connectivity index (χ2v) is 8.62. The Morgan fingerprint density at radius 3 is 2.54 bits per heavy atom. The van der Waals surface area contributed by atoms with Gasteiger partial charge in [-0.3, -0.25) is 9.59 Å². The van der Waals surface area contributed by atoms with Gasteiger partial charge in [0, 0.05) is 13.1 Å². The first-order chi connectivity index (χ1) is 13.3. The number of benzene rings is 1. The van der Waals surface area contributed by atoms with Crippen molar-refractivity contribution < 1.29 is 14.3 Å². The third kappa shape index (κ3) is 2.78. The SMILES string of the molecule is COC(=O)[C@@]12CN(C(=O)Cc3ccc(-n4nnnc4C)cc3)C[C@@H]1C(C)(C)C2. The van der Waals surface area contributed by atoms with E-state index in [0.29, 0.717) is 25.3 Å². The molecule has 1 saturated heterocycles. The molecule has 1 amide bonds. The molecule has 0 unspecified atom stereocenters. The number of methoxy groups -OCH3 is 1. The lowest BCUT2D eigenvalue weighted by Gasteiger charge is -2.54. The summed E-state index contributed by atoms with van der Waals surface area (Å²) in [5.41, 5.74) is 1.29. The third-order valence-electron chi connectivity index (χ3n) is 6.36. The molecule has 1 aromatic carbocycles. The highest BCUT2D eigenvalue weighted by molar-refractivity contribution is 5.84. The Bertz CT molecular complexity index is 920. The monoisotopic (exact) mass is 383 g/mol. The number of amides is 1. The van der Waals surface area contributed by atoms with Gasteiger partial charge in [0.05, 0.1) is 24.6 Å². The van der Waals surface area contributed by atoms with Crippen molar-refractivity contribution in [3.8, 4) is 5.69 Å². The molecule has 2 aliphatic rings. The van der Waals surface area contributed by atoms with Crippen LogP contribution in [0, 0.1) is 23.7 Å². The molecule has 2 heterocycles.